The first kappa shape index (κ1) is 14.3. The number of thiol groups is 1. The van der Waals surface area contributed by atoms with E-state index in [0.29, 0.717) is 0 Å². The first-order chi connectivity index (χ1) is 7.88. The fourth-order valence-corrected chi connectivity index (χ4v) is 1.66. The smallest absolute Gasteiger partial charge is 0.390 e. The summed E-state index contributed by atoms with van der Waals surface area (Å²) in [6.45, 7) is 0. The van der Waals surface area contributed by atoms with Crippen LogP contribution in [0.2, 0.25) is 0 Å². The van der Waals surface area contributed by atoms with Gasteiger partial charge in [0.2, 0.25) is 0 Å². The third-order valence-electron chi connectivity index (χ3n) is 2.27. The summed E-state index contributed by atoms with van der Waals surface area (Å²) in [5.74, 6) is 0.264. The van der Waals surface area contributed by atoms with Gasteiger partial charge in [-0.15, -0.1) is 0 Å². The highest BCUT2D eigenvalue weighted by Gasteiger charge is 2.36. The molecular formula is C10H12F3NO2S. The molecule has 96 valence electrons. The summed E-state index contributed by atoms with van der Waals surface area (Å²) in [6.07, 6.45) is -5.50. The molecular weight excluding hydrogens is 255 g/mol. The number of aliphatic hydroxyl groups is 2. The summed E-state index contributed by atoms with van der Waals surface area (Å²) in [5.41, 5.74) is -1.41. The van der Waals surface area contributed by atoms with E-state index in [1.807, 2.05) is 0 Å². The van der Waals surface area contributed by atoms with E-state index in [4.69, 9.17) is 0 Å². The van der Waals surface area contributed by atoms with Crippen LogP contribution in [0.25, 0.3) is 0 Å². The average Bonchev–Trinajstić information content (AvgIpc) is 2.27. The lowest BCUT2D eigenvalue weighted by Crippen LogP contribution is -2.22. The third kappa shape index (κ3) is 3.58. The summed E-state index contributed by atoms with van der Waals surface area (Å²) in [6, 6.07) is 0.770. The zero-order chi connectivity index (χ0) is 13.1. The van der Waals surface area contributed by atoms with Crippen molar-refractivity contribution in [1.29, 1.82) is 0 Å². The quantitative estimate of drug-likeness (QED) is 0.729. The fourth-order valence-electron chi connectivity index (χ4n) is 1.40. The summed E-state index contributed by atoms with van der Waals surface area (Å²) in [7, 11) is 0. The molecule has 3 nitrogen and oxygen atoms in total. The fraction of sp³-hybridized carbons (Fsp3) is 0.500. The van der Waals surface area contributed by atoms with Gasteiger partial charge in [-0.2, -0.15) is 25.8 Å². The number of hydrogen-bond acceptors (Lipinski definition) is 4. The lowest BCUT2D eigenvalue weighted by atomic mass is 9.99. The number of alkyl halides is 3. The van der Waals surface area contributed by atoms with Crippen LogP contribution in [0.1, 0.15) is 23.7 Å². The molecule has 1 aromatic heterocycles. The molecule has 0 spiro atoms. The summed E-state index contributed by atoms with van der Waals surface area (Å²) in [4.78, 5) is 3.53. The Balaban J connectivity index is 3.05. The van der Waals surface area contributed by atoms with E-state index in [1.54, 1.807) is 0 Å². The van der Waals surface area contributed by atoms with Crippen LogP contribution in [-0.2, 0) is 6.18 Å². The molecule has 0 radical (unpaired) electrons. The lowest BCUT2D eigenvalue weighted by molar-refractivity contribution is -0.140. The third-order valence-corrected chi connectivity index (χ3v) is 2.52. The van der Waals surface area contributed by atoms with Gasteiger partial charge >= 0.3 is 6.18 Å². The summed E-state index contributed by atoms with van der Waals surface area (Å²) < 4.78 is 37.9. The van der Waals surface area contributed by atoms with Gasteiger partial charge in [-0.1, -0.05) is 0 Å². The zero-order valence-corrected chi connectivity index (χ0v) is 9.62. The van der Waals surface area contributed by atoms with Crippen molar-refractivity contribution in [2.75, 3.05) is 5.75 Å². The molecule has 0 aliphatic rings. The van der Waals surface area contributed by atoms with Crippen LogP contribution < -0.4 is 0 Å². The van der Waals surface area contributed by atoms with Crippen molar-refractivity contribution in [3.05, 3.63) is 29.6 Å². The van der Waals surface area contributed by atoms with Crippen molar-refractivity contribution >= 4 is 12.6 Å². The molecule has 0 bridgehead atoms. The highest BCUT2D eigenvalue weighted by molar-refractivity contribution is 7.80. The molecule has 0 fully saturated rings. The second-order valence-electron chi connectivity index (χ2n) is 3.49. The number of aromatic nitrogens is 1. The predicted molar refractivity (Wildman–Crippen MR) is 58.7 cm³/mol. The van der Waals surface area contributed by atoms with Crippen molar-refractivity contribution in [3.63, 3.8) is 0 Å². The standard InChI is InChI=1S/C10H12F3NO2S/c11-10(12,13)7-1-3-14-5-6(7)9(16)8(15)2-4-17/h1,3,5,8-9,15-17H,2,4H2. The number of pyridine rings is 1. The average molecular weight is 267 g/mol. The molecule has 2 unspecified atom stereocenters. The zero-order valence-electron chi connectivity index (χ0n) is 8.72. The highest BCUT2D eigenvalue weighted by atomic mass is 32.1. The van der Waals surface area contributed by atoms with Crippen molar-refractivity contribution in [3.8, 4) is 0 Å². The van der Waals surface area contributed by atoms with E-state index >= 15 is 0 Å². The van der Waals surface area contributed by atoms with Gasteiger partial charge in [0.05, 0.1) is 11.7 Å². The van der Waals surface area contributed by atoms with E-state index in [9.17, 15) is 23.4 Å². The van der Waals surface area contributed by atoms with Crippen LogP contribution in [0.4, 0.5) is 13.2 Å². The van der Waals surface area contributed by atoms with E-state index in [-0.39, 0.29) is 12.2 Å². The van der Waals surface area contributed by atoms with Crippen molar-refractivity contribution in [2.45, 2.75) is 24.8 Å². The molecule has 0 saturated heterocycles. The molecule has 2 N–H and O–H groups in total. The van der Waals surface area contributed by atoms with Gasteiger partial charge in [0, 0.05) is 18.0 Å². The Morgan fingerprint density at radius 2 is 2.00 bits per heavy atom. The molecule has 0 saturated carbocycles. The van der Waals surface area contributed by atoms with Gasteiger partial charge < -0.3 is 10.2 Å². The van der Waals surface area contributed by atoms with Crippen molar-refractivity contribution < 1.29 is 23.4 Å². The number of hydrogen-bond donors (Lipinski definition) is 3. The molecule has 2 atom stereocenters. The predicted octanol–water partition coefficient (Wildman–Crippen LogP) is 1.81. The van der Waals surface area contributed by atoms with Gasteiger partial charge in [-0.25, -0.2) is 0 Å². The van der Waals surface area contributed by atoms with E-state index in [0.717, 1.165) is 18.5 Å². The van der Waals surface area contributed by atoms with Gasteiger partial charge in [-0.05, 0) is 18.2 Å². The van der Waals surface area contributed by atoms with Crippen molar-refractivity contribution in [2.24, 2.45) is 0 Å². The Morgan fingerprint density at radius 3 is 2.53 bits per heavy atom. The van der Waals surface area contributed by atoms with E-state index in [1.165, 1.54) is 0 Å². The minimum absolute atomic E-state index is 0.0937. The normalized spacial score (nSPS) is 15.6. The Morgan fingerprint density at radius 1 is 1.35 bits per heavy atom. The van der Waals surface area contributed by atoms with Crippen LogP contribution in [0, 0.1) is 0 Å². The molecule has 1 rings (SSSR count). The maximum atomic E-state index is 12.6. The lowest BCUT2D eigenvalue weighted by Gasteiger charge is -2.20. The monoisotopic (exact) mass is 267 g/mol. The van der Waals surface area contributed by atoms with Crippen molar-refractivity contribution in [1.82, 2.24) is 4.98 Å². The van der Waals surface area contributed by atoms with Gasteiger partial charge in [0.1, 0.15) is 6.10 Å². The molecule has 1 aromatic rings. The molecule has 0 aliphatic heterocycles. The maximum absolute atomic E-state index is 12.6. The number of halogens is 3. The SMILES string of the molecule is OC(CCS)C(O)c1cnccc1C(F)(F)F. The summed E-state index contributed by atoms with van der Waals surface area (Å²) in [5, 5.41) is 19.1. The van der Waals surface area contributed by atoms with E-state index in [2.05, 4.69) is 17.6 Å². The van der Waals surface area contributed by atoms with Crippen LogP contribution in [0.3, 0.4) is 0 Å². The molecule has 0 aliphatic carbocycles. The Hall–Kier alpha value is -0.790. The first-order valence-electron chi connectivity index (χ1n) is 4.86. The second-order valence-corrected chi connectivity index (χ2v) is 3.93. The Bertz CT molecular complexity index is 373. The second kappa shape index (κ2) is 5.70. The summed E-state index contributed by atoms with van der Waals surface area (Å²) >= 11 is 3.84. The number of nitrogens with zero attached hydrogens (tertiary/aromatic N) is 1. The number of aliphatic hydroxyl groups excluding tert-OH is 2. The van der Waals surface area contributed by atoms with Gasteiger partial charge in [-0.3, -0.25) is 4.98 Å². The number of rotatable bonds is 4. The Kier molecular flexibility index (Phi) is 4.79. The Labute approximate surface area is 102 Å². The highest BCUT2D eigenvalue weighted by Crippen LogP contribution is 2.35. The van der Waals surface area contributed by atoms with Crippen LogP contribution >= 0.6 is 12.6 Å². The van der Waals surface area contributed by atoms with Gasteiger partial charge in [0.25, 0.3) is 0 Å². The molecule has 7 heteroatoms. The first-order valence-corrected chi connectivity index (χ1v) is 5.49. The van der Waals surface area contributed by atoms with Crippen LogP contribution in [0.15, 0.2) is 18.5 Å². The molecule has 0 aromatic carbocycles. The van der Waals surface area contributed by atoms with Crippen LogP contribution in [-0.4, -0.2) is 27.1 Å². The van der Waals surface area contributed by atoms with Gasteiger partial charge in [0.15, 0.2) is 0 Å². The van der Waals surface area contributed by atoms with Crippen LogP contribution in [0.5, 0.6) is 0 Å². The van der Waals surface area contributed by atoms with E-state index < -0.39 is 29.5 Å². The topological polar surface area (TPSA) is 53.4 Å². The largest absolute Gasteiger partial charge is 0.416 e. The molecule has 1 heterocycles. The minimum atomic E-state index is -4.58. The molecule has 0 amide bonds. The maximum Gasteiger partial charge on any atom is 0.416 e. The molecule has 17 heavy (non-hydrogen) atoms. The minimum Gasteiger partial charge on any atom is -0.390 e.